The number of carboxylic acids is 1. The number of halogens is 1. The molecule has 6 nitrogen and oxygen atoms in total. The highest BCUT2D eigenvalue weighted by Gasteiger charge is 2.39. The fourth-order valence-electron chi connectivity index (χ4n) is 3.66. The summed E-state index contributed by atoms with van der Waals surface area (Å²) in [5.41, 5.74) is 0.388. The molecule has 2 amide bonds. The van der Waals surface area contributed by atoms with Crippen LogP contribution >= 0.6 is 0 Å². The second kappa shape index (κ2) is 7.21. The first-order chi connectivity index (χ1) is 12.0. The van der Waals surface area contributed by atoms with E-state index >= 15 is 0 Å². The zero-order valence-corrected chi connectivity index (χ0v) is 13.9. The highest BCUT2D eigenvalue weighted by atomic mass is 19.1. The third-order valence-electron chi connectivity index (χ3n) is 4.97. The SMILES string of the molecule is O=C(O)[C@@H]1CCCN1C(=O)C1CCCN(C(=O)c2ccc(F)cc2)C1. The van der Waals surface area contributed by atoms with E-state index in [1.165, 1.54) is 29.2 Å². The van der Waals surface area contributed by atoms with Gasteiger partial charge in [-0.15, -0.1) is 0 Å². The molecule has 25 heavy (non-hydrogen) atoms. The van der Waals surface area contributed by atoms with Crippen molar-refractivity contribution >= 4 is 17.8 Å². The predicted octanol–water partition coefficient (Wildman–Crippen LogP) is 1.75. The summed E-state index contributed by atoms with van der Waals surface area (Å²) in [5, 5.41) is 9.25. The fourth-order valence-corrected chi connectivity index (χ4v) is 3.66. The van der Waals surface area contributed by atoms with Crippen LogP contribution in [0.1, 0.15) is 36.0 Å². The first-order valence-corrected chi connectivity index (χ1v) is 8.55. The highest BCUT2D eigenvalue weighted by Crippen LogP contribution is 2.25. The van der Waals surface area contributed by atoms with E-state index in [1.54, 1.807) is 4.90 Å². The molecular weight excluding hydrogens is 327 g/mol. The summed E-state index contributed by atoms with van der Waals surface area (Å²) in [7, 11) is 0. The molecule has 0 aromatic heterocycles. The van der Waals surface area contributed by atoms with Gasteiger partial charge in [0.05, 0.1) is 5.92 Å². The number of rotatable bonds is 3. The lowest BCUT2D eigenvalue weighted by atomic mass is 9.95. The maximum absolute atomic E-state index is 13.0. The number of carboxylic acid groups (broad SMARTS) is 1. The Morgan fingerprint density at radius 2 is 1.72 bits per heavy atom. The van der Waals surface area contributed by atoms with E-state index in [0.29, 0.717) is 44.3 Å². The minimum atomic E-state index is -0.971. The zero-order valence-electron chi connectivity index (χ0n) is 13.9. The summed E-state index contributed by atoms with van der Waals surface area (Å²) in [6.45, 7) is 1.28. The van der Waals surface area contributed by atoms with Gasteiger partial charge in [0.15, 0.2) is 0 Å². The standard InChI is InChI=1S/C18H21FN2O4/c19-14-7-5-12(6-8-14)16(22)20-9-1-3-13(11-20)17(23)21-10-2-4-15(21)18(24)25/h5-8,13,15H,1-4,9-11H2,(H,24,25)/t13?,15-/m0/s1. The second-order valence-electron chi connectivity index (χ2n) is 6.63. The zero-order chi connectivity index (χ0) is 18.0. The summed E-state index contributed by atoms with van der Waals surface area (Å²) in [6.07, 6.45) is 2.50. The van der Waals surface area contributed by atoms with Crippen LogP contribution in [0.3, 0.4) is 0 Å². The number of carbonyl (C=O) groups is 3. The molecule has 0 saturated carbocycles. The summed E-state index contributed by atoms with van der Waals surface area (Å²) in [4.78, 5) is 39.6. The molecule has 7 heteroatoms. The molecule has 2 fully saturated rings. The minimum Gasteiger partial charge on any atom is -0.480 e. The van der Waals surface area contributed by atoms with Crippen molar-refractivity contribution in [3.8, 4) is 0 Å². The number of amides is 2. The highest BCUT2D eigenvalue weighted by molar-refractivity contribution is 5.95. The van der Waals surface area contributed by atoms with Gasteiger partial charge < -0.3 is 14.9 Å². The quantitative estimate of drug-likeness (QED) is 0.903. The molecule has 2 aliphatic heterocycles. The van der Waals surface area contributed by atoms with E-state index in [9.17, 15) is 23.9 Å². The molecule has 0 aliphatic carbocycles. The van der Waals surface area contributed by atoms with Gasteiger partial charge in [-0.05, 0) is 49.9 Å². The summed E-state index contributed by atoms with van der Waals surface area (Å²) < 4.78 is 13.0. The molecule has 2 heterocycles. The van der Waals surface area contributed by atoms with Crippen LogP contribution in [-0.2, 0) is 9.59 Å². The third-order valence-corrected chi connectivity index (χ3v) is 4.97. The smallest absolute Gasteiger partial charge is 0.326 e. The molecule has 3 rings (SSSR count). The number of benzene rings is 1. The van der Waals surface area contributed by atoms with Gasteiger partial charge in [-0.1, -0.05) is 0 Å². The van der Waals surface area contributed by atoms with Gasteiger partial charge in [-0.2, -0.15) is 0 Å². The van der Waals surface area contributed by atoms with E-state index in [1.807, 2.05) is 0 Å². The van der Waals surface area contributed by atoms with Crippen LogP contribution in [-0.4, -0.2) is 58.4 Å². The molecule has 0 spiro atoms. The molecule has 2 atom stereocenters. The van der Waals surface area contributed by atoms with Crippen molar-refractivity contribution in [2.24, 2.45) is 5.92 Å². The van der Waals surface area contributed by atoms with Crippen molar-refractivity contribution in [3.05, 3.63) is 35.6 Å². The number of carbonyl (C=O) groups excluding carboxylic acids is 2. The van der Waals surface area contributed by atoms with Gasteiger partial charge in [0.1, 0.15) is 11.9 Å². The van der Waals surface area contributed by atoms with Crippen molar-refractivity contribution in [3.63, 3.8) is 0 Å². The van der Waals surface area contributed by atoms with Crippen molar-refractivity contribution in [1.82, 2.24) is 9.80 Å². The topological polar surface area (TPSA) is 77.9 Å². The Kier molecular flexibility index (Phi) is 5.01. The maximum atomic E-state index is 13.0. The number of likely N-dealkylation sites (tertiary alicyclic amines) is 2. The average molecular weight is 348 g/mol. The normalized spacial score (nSPS) is 23.6. The molecule has 0 bridgehead atoms. The number of hydrogen-bond acceptors (Lipinski definition) is 3. The largest absolute Gasteiger partial charge is 0.480 e. The van der Waals surface area contributed by atoms with Crippen molar-refractivity contribution in [2.75, 3.05) is 19.6 Å². The Morgan fingerprint density at radius 3 is 2.40 bits per heavy atom. The van der Waals surface area contributed by atoms with Crippen LogP contribution in [0.15, 0.2) is 24.3 Å². The first kappa shape index (κ1) is 17.4. The van der Waals surface area contributed by atoms with E-state index in [2.05, 4.69) is 0 Å². The molecule has 1 N–H and O–H groups in total. The van der Waals surface area contributed by atoms with Gasteiger partial charge >= 0.3 is 5.97 Å². The molecule has 1 aromatic carbocycles. The number of piperidine rings is 1. The lowest BCUT2D eigenvalue weighted by Crippen LogP contribution is -2.49. The van der Waals surface area contributed by atoms with E-state index < -0.39 is 17.8 Å². The van der Waals surface area contributed by atoms with Crippen LogP contribution in [0.2, 0.25) is 0 Å². The summed E-state index contributed by atoms with van der Waals surface area (Å²) >= 11 is 0. The number of nitrogens with zero attached hydrogens (tertiary/aromatic N) is 2. The Balaban J connectivity index is 1.68. The van der Waals surface area contributed by atoms with Crippen LogP contribution < -0.4 is 0 Å². The summed E-state index contributed by atoms with van der Waals surface area (Å²) in [6, 6.07) is 4.59. The lowest BCUT2D eigenvalue weighted by Gasteiger charge is -2.35. The van der Waals surface area contributed by atoms with E-state index in [4.69, 9.17) is 0 Å². The lowest BCUT2D eigenvalue weighted by molar-refractivity contribution is -0.150. The maximum Gasteiger partial charge on any atom is 0.326 e. The molecule has 1 aromatic rings. The van der Waals surface area contributed by atoms with E-state index in [-0.39, 0.29) is 24.3 Å². The Labute approximate surface area is 145 Å². The van der Waals surface area contributed by atoms with Crippen LogP contribution in [0.4, 0.5) is 4.39 Å². The van der Waals surface area contributed by atoms with Crippen molar-refractivity contribution in [1.29, 1.82) is 0 Å². The van der Waals surface area contributed by atoms with Gasteiger partial charge in [0.25, 0.3) is 5.91 Å². The van der Waals surface area contributed by atoms with Crippen LogP contribution in [0.25, 0.3) is 0 Å². The fraction of sp³-hybridized carbons (Fsp3) is 0.500. The molecule has 134 valence electrons. The molecule has 1 unspecified atom stereocenters. The average Bonchev–Trinajstić information content (AvgIpc) is 3.11. The third kappa shape index (κ3) is 3.65. The Bertz CT molecular complexity index is 676. The van der Waals surface area contributed by atoms with Gasteiger partial charge in [-0.25, -0.2) is 9.18 Å². The number of hydrogen-bond donors (Lipinski definition) is 1. The second-order valence-corrected chi connectivity index (χ2v) is 6.63. The summed E-state index contributed by atoms with van der Waals surface area (Å²) in [5.74, 6) is -2.16. The van der Waals surface area contributed by atoms with Gasteiger partial charge in [-0.3, -0.25) is 9.59 Å². The Morgan fingerprint density at radius 1 is 1.04 bits per heavy atom. The molecule has 2 aliphatic rings. The predicted molar refractivity (Wildman–Crippen MR) is 87.4 cm³/mol. The minimum absolute atomic E-state index is 0.179. The first-order valence-electron chi connectivity index (χ1n) is 8.55. The monoisotopic (exact) mass is 348 g/mol. The Hall–Kier alpha value is -2.44. The van der Waals surface area contributed by atoms with Crippen LogP contribution in [0, 0.1) is 11.7 Å². The molecular formula is C18H21FN2O4. The van der Waals surface area contributed by atoms with E-state index in [0.717, 1.165) is 0 Å². The van der Waals surface area contributed by atoms with Crippen molar-refractivity contribution < 1.29 is 23.9 Å². The van der Waals surface area contributed by atoms with Crippen LogP contribution in [0.5, 0.6) is 0 Å². The van der Waals surface area contributed by atoms with Crippen molar-refractivity contribution in [2.45, 2.75) is 31.7 Å². The molecule has 2 saturated heterocycles. The molecule has 0 radical (unpaired) electrons. The van der Waals surface area contributed by atoms with Gasteiger partial charge in [0.2, 0.25) is 5.91 Å². The number of aliphatic carboxylic acids is 1. The van der Waals surface area contributed by atoms with Gasteiger partial charge in [0, 0.05) is 25.2 Å².